The van der Waals surface area contributed by atoms with Crippen LogP contribution in [0.4, 0.5) is 16.2 Å². The van der Waals surface area contributed by atoms with Crippen molar-refractivity contribution in [2.24, 2.45) is 0 Å². The van der Waals surface area contributed by atoms with Crippen molar-refractivity contribution in [3.63, 3.8) is 0 Å². The molecule has 0 atom stereocenters. The normalized spacial score (nSPS) is 11.8. The summed E-state index contributed by atoms with van der Waals surface area (Å²) >= 11 is 0. The van der Waals surface area contributed by atoms with Gasteiger partial charge in [-0.1, -0.05) is 6.07 Å². The molecule has 0 fully saturated rings. The van der Waals surface area contributed by atoms with Crippen LogP contribution in [-0.2, 0) is 14.6 Å². The summed E-state index contributed by atoms with van der Waals surface area (Å²) in [6, 6.07) is 9.55. The van der Waals surface area contributed by atoms with E-state index in [0.717, 1.165) is 6.26 Å². The first-order valence-electron chi connectivity index (χ1n) is 9.55. The molecule has 2 N–H and O–H groups in total. The summed E-state index contributed by atoms with van der Waals surface area (Å²) < 4.78 is 36.0. The number of methoxy groups -OCH3 is 1. The molecule has 0 aliphatic carbocycles. The molecule has 0 radical (unpaired) electrons. The van der Waals surface area contributed by atoms with Crippen molar-refractivity contribution < 1.29 is 27.5 Å². The van der Waals surface area contributed by atoms with Gasteiger partial charge in [0.05, 0.1) is 18.3 Å². The lowest BCUT2D eigenvalue weighted by Gasteiger charge is -2.20. The summed E-state index contributed by atoms with van der Waals surface area (Å²) in [5.74, 6) is -0.252. The number of rotatable bonds is 5. The van der Waals surface area contributed by atoms with Gasteiger partial charge in [-0.05, 0) is 51.1 Å². The van der Waals surface area contributed by atoms with E-state index in [9.17, 15) is 18.0 Å². The summed E-state index contributed by atoms with van der Waals surface area (Å²) in [4.78, 5) is 29.1. The van der Waals surface area contributed by atoms with Crippen LogP contribution in [0.1, 0.15) is 31.3 Å². The molecule has 2 aromatic heterocycles. The third-order valence-electron chi connectivity index (χ3n) is 4.16. The minimum absolute atomic E-state index is 0.0523. The second-order valence-corrected chi connectivity index (χ2v) is 9.88. The van der Waals surface area contributed by atoms with Crippen LogP contribution in [0.5, 0.6) is 5.75 Å². The largest absolute Gasteiger partial charge is 0.495 e. The molecule has 0 aliphatic rings. The minimum Gasteiger partial charge on any atom is -0.495 e. The van der Waals surface area contributed by atoms with Crippen molar-refractivity contribution >= 4 is 38.7 Å². The molecule has 0 saturated carbocycles. The molecule has 3 rings (SSSR count). The van der Waals surface area contributed by atoms with Gasteiger partial charge in [0, 0.05) is 18.1 Å². The molecule has 0 spiro atoms. The number of ether oxygens (including phenoxy) is 2. The quantitative estimate of drug-likeness (QED) is 0.597. The first-order chi connectivity index (χ1) is 14.9. The number of aromatic nitrogens is 2. The van der Waals surface area contributed by atoms with Crippen LogP contribution in [0.3, 0.4) is 0 Å². The molecule has 3 aromatic rings. The second-order valence-electron chi connectivity index (χ2n) is 7.97. The van der Waals surface area contributed by atoms with Crippen molar-refractivity contribution in [1.82, 2.24) is 9.38 Å². The number of nitrogens with zero attached hydrogens (tertiary/aromatic N) is 2. The molecule has 0 saturated heterocycles. The Labute approximate surface area is 185 Å². The van der Waals surface area contributed by atoms with Crippen molar-refractivity contribution in [3.8, 4) is 5.75 Å². The fraction of sp³-hybridized carbons (Fsp3) is 0.286. The molecule has 2 amide bonds. The van der Waals surface area contributed by atoms with Crippen molar-refractivity contribution in [1.29, 1.82) is 0 Å². The van der Waals surface area contributed by atoms with Crippen LogP contribution in [0.2, 0.25) is 0 Å². The third kappa shape index (κ3) is 5.17. The van der Waals surface area contributed by atoms with Crippen LogP contribution in [0.15, 0.2) is 47.8 Å². The minimum atomic E-state index is -3.67. The number of carbonyl (C=O) groups excluding carboxylic acids is 2. The van der Waals surface area contributed by atoms with Crippen LogP contribution in [-0.4, -0.2) is 48.8 Å². The number of sulfone groups is 1. The fourth-order valence-electron chi connectivity index (χ4n) is 2.93. The van der Waals surface area contributed by atoms with E-state index in [1.165, 1.54) is 23.8 Å². The molecule has 10 nitrogen and oxygen atoms in total. The third-order valence-corrected chi connectivity index (χ3v) is 5.11. The van der Waals surface area contributed by atoms with Gasteiger partial charge in [-0.15, -0.1) is 0 Å². The molecule has 1 aromatic carbocycles. The Morgan fingerprint density at radius 1 is 1.09 bits per heavy atom. The summed E-state index contributed by atoms with van der Waals surface area (Å²) in [6.45, 7) is 5.21. The molecule has 32 heavy (non-hydrogen) atoms. The molecule has 0 aliphatic heterocycles. The SMILES string of the molecule is COc1ccc(NC(=O)c2nc(S(C)(=O)=O)n3ccccc23)cc1NC(=O)OC(C)(C)C. The maximum Gasteiger partial charge on any atom is 0.412 e. The van der Waals surface area contributed by atoms with Crippen LogP contribution in [0.25, 0.3) is 5.52 Å². The summed E-state index contributed by atoms with van der Waals surface area (Å²) in [7, 11) is -2.22. The predicted octanol–water partition coefficient (Wildman–Crippen LogP) is 3.35. The van der Waals surface area contributed by atoms with E-state index in [2.05, 4.69) is 15.6 Å². The van der Waals surface area contributed by atoms with Gasteiger partial charge in [-0.3, -0.25) is 14.5 Å². The second kappa shape index (κ2) is 8.50. The number of benzene rings is 1. The highest BCUT2D eigenvalue weighted by Crippen LogP contribution is 2.29. The Balaban J connectivity index is 1.91. The van der Waals surface area contributed by atoms with Crippen LogP contribution < -0.4 is 15.4 Å². The lowest BCUT2D eigenvalue weighted by atomic mass is 10.2. The summed E-state index contributed by atoms with van der Waals surface area (Å²) in [5.41, 5.74) is 0.211. The summed E-state index contributed by atoms with van der Waals surface area (Å²) in [6.07, 6.45) is 1.86. The van der Waals surface area contributed by atoms with E-state index < -0.39 is 27.4 Å². The Morgan fingerprint density at radius 2 is 1.81 bits per heavy atom. The molecular weight excluding hydrogens is 436 g/mol. The topological polar surface area (TPSA) is 128 Å². The van der Waals surface area contributed by atoms with Gasteiger partial charge < -0.3 is 14.8 Å². The standard InChI is InChI=1S/C21H24N4O6S/c1-21(2,3)31-20(27)23-14-12-13(9-10-16(14)30-4)22-18(26)17-15-8-6-7-11-25(15)19(24-17)32(5,28)29/h6-12H,1-5H3,(H,22,26)(H,23,27). The van der Waals surface area contributed by atoms with Crippen molar-refractivity contribution in [2.45, 2.75) is 31.5 Å². The van der Waals surface area contributed by atoms with Gasteiger partial charge in [0.2, 0.25) is 15.0 Å². The first-order valence-corrected chi connectivity index (χ1v) is 11.4. The Morgan fingerprint density at radius 3 is 2.44 bits per heavy atom. The number of amides is 2. The smallest absolute Gasteiger partial charge is 0.412 e. The van der Waals surface area contributed by atoms with Gasteiger partial charge in [0.1, 0.15) is 11.4 Å². The zero-order valence-corrected chi connectivity index (χ0v) is 19.1. The average molecular weight is 461 g/mol. The highest BCUT2D eigenvalue weighted by Gasteiger charge is 2.23. The number of pyridine rings is 1. The van der Waals surface area contributed by atoms with E-state index in [4.69, 9.17) is 9.47 Å². The predicted molar refractivity (Wildman–Crippen MR) is 119 cm³/mol. The number of fused-ring (bicyclic) bond motifs is 1. The van der Waals surface area contributed by atoms with Gasteiger partial charge >= 0.3 is 6.09 Å². The highest BCUT2D eigenvalue weighted by atomic mass is 32.2. The molecular formula is C21H24N4O6S. The highest BCUT2D eigenvalue weighted by molar-refractivity contribution is 7.90. The van der Waals surface area contributed by atoms with Crippen LogP contribution >= 0.6 is 0 Å². The number of nitrogens with one attached hydrogen (secondary N) is 2. The first kappa shape index (κ1) is 23.1. The Kier molecular flexibility index (Phi) is 6.13. The van der Waals surface area contributed by atoms with Gasteiger partial charge in [0.25, 0.3) is 5.91 Å². The van der Waals surface area contributed by atoms with E-state index in [1.54, 1.807) is 51.1 Å². The zero-order chi connectivity index (χ0) is 23.7. The van der Waals surface area contributed by atoms with Crippen molar-refractivity contribution in [3.05, 3.63) is 48.3 Å². The lowest BCUT2D eigenvalue weighted by molar-refractivity contribution is 0.0635. The molecule has 2 heterocycles. The van der Waals surface area contributed by atoms with Gasteiger partial charge in [-0.2, -0.15) is 0 Å². The number of hydrogen-bond donors (Lipinski definition) is 2. The fourth-order valence-corrected chi connectivity index (χ4v) is 3.70. The number of anilines is 2. The maximum atomic E-state index is 12.9. The number of hydrogen-bond acceptors (Lipinski definition) is 7. The van der Waals surface area contributed by atoms with Crippen molar-refractivity contribution in [2.75, 3.05) is 24.0 Å². The van der Waals surface area contributed by atoms with E-state index in [-0.39, 0.29) is 16.5 Å². The molecule has 0 unspecified atom stereocenters. The van der Waals surface area contributed by atoms with Gasteiger partial charge in [0.15, 0.2) is 5.69 Å². The number of carbonyl (C=O) groups is 2. The van der Waals surface area contributed by atoms with Gasteiger partial charge in [-0.25, -0.2) is 18.2 Å². The van der Waals surface area contributed by atoms with Crippen LogP contribution in [0, 0.1) is 0 Å². The number of imidazole rings is 1. The zero-order valence-electron chi connectivity index (χ0n) is 18.3. The van der Waals surface area contributed by atoms with E-state index in [1.807, 2.05) is 0 Å². The Bertz CT molecular complexity index is 1290. The molecule has 170 valence electrons. The molecule has 0 bridgehead atoms. The lowest BCUT2D eigenvalue weighted by Crippen LogP contribution is -2.27. The summed E-state index contributed by atoms with van der Waals surface area (Å²) in [5, 5.41) is 5.02. The monoisotopic (exact) mass is 460 g/mol. The van der Waals surface area contributed by atoms with E-state index in [0.29, 0.717) is 17.0 Å². The average Bonchev–Trinajstić information content (AvgIpc) is 3.07. The maximum absolute atomic E-state index is 12.9. The molecule has 11 heteroatoms. The van der Waals surface area contributed by atoms with E-state index >= 15 is 0 Å². The Hall–Kier alpha value is -3.60.